The number of alkyl halides is 3. The highest BCUT2D eigenvalue weighted by Gasteiger charge is 2.30. The summed E-state index contributed by atoms with van der Waals surface area (Å²) in [5.74, 6) is 1.44. The van der Waals surface area contributed by atoms with Gasteiger partial charge in [0.05, 0.1) is 32.4 Å². The highest BCUT2D eigenvalue weighted by Crippen LogP contribution is 2.30. The SMILES string of the molecule is CCNC(=NCc1cccc(C(F)(F)F)c1)NCC(O)c1ccc(OC)c(OC)c1.I. The molecule has 3 N–H and O–H groups in total. The molecule has 0 aliphatic rings. The Morgan fingerprint density at radius 3 is 2.39 bits per heavy atom. The molecule has 0 saturated carbocycles. The summed E-state index contributed by atoms with van der Waals surface area (Å²) in [6.07, 6.45) is -5.26. The average molecular weight is 553 g/mol. The zero-order chi connectivity index (χ0) is 22.1. The van der Waals surface area contributed by atoms with Gasteiger partial charge in [0, 0.05) is 13.1 Å². The van der Waals surface area contributed by atoms with Crippen LogP contribution >= 0.6 is 24.0 Å². The Labute approximate surface area is 196 Å². The quantitative estimate of drug-likeness (QED) is 0.261. The second-order valence-electron chi connectivity index (χ2n) is 6.40. The largest absolute Gasteiger partial charge is 0.493 e. The molecule has 1 unspecified atom stereocenters. The van der Waals surface area contributed by atoms with Crippen LogP contribution in [-0.2, 0) is 12.7 Å². The van der Waals surface area contributed by atoms with E-state index < -0.39 is 17.8 Å². The average Bonchev–Trinajstić information content (AvgIpc) is 2.74. The third-order valence-corrected chi connectivity index (χ3v) is 4.27. The van der Waals surface area contributed by atoms with Crippen LogP contribution in [-0.4, -0.2) is 38.4 Å². The first kappa shape index (κ1) is 26.8. The molecule has 1 atom stereocenters. The van der Waals surface area contributed by atoms with Crippen molar-refractivity contribution >= 4 is 29.9 Å². The molecule has 0 heterocycles. The van der Waals surface area contributed by atoms with Gasteiger partial charge < -0.3 is 25.2 Å². The Morgan fingerprint density at radius 1 is 1.06 bits per heavy atom. The normalized spacial score (nSPS) is 12.5. The lowest BCUT2D eigenvalue weighted by molar-refractivity contribution is -0.137. The van der Waals surface area contributed by atoms with E-state index in [1.165, 1.54) is 20.3 Å². The minimum atomic E-state index is -4.40. The van der Waals surface area contributed by atoms with E-state index in [0.717, 1.165) is 12.1 Å². The van der Waals surface area contributed by atoms with Crippen LogP contribution in [0.5, 0.6) is 11.5 Å². The molecule has 0 aliphatic carbocycles. The Morgan fingerprint density at radius 2 is 1.77 bits per heavy atom. The molecule has 31 heavy (non-hydrogen) atoms. The number of halogens is 4. The summed E-state index contributed by atoms with van der Waals surface area (Å²) >= 11 is 0. The first-order valence-corrected chi connectivity index (χ1v) is 9.36. The lowest BCUT2D eigenvalue weighted by Gasteiger charge is -2.17. The molecule has 0 saturated heterocycles. The van der Waals surface area contributed by atoms with Gasteiger partial charge >= 0.3 is 6.18 Å². The number of rotatable bonds is 8. The van der Waals surface area contributed by atoms with Gasteiger partial charge in [0.1, 0.15) is 0 Å². The summed E-state index contributed by atoms with van der Waals surface area (Å²) in [5, 5.41) is 16.5. The summed E-state index contributed by atoms with van der Waals surface area (Å²) < 4.78 is 49.0. The highest BCUT2D eigenvalue weighted by molar-refractivity contribution is 14.0. The summed E-state index contributed by atoms with van der Waals surface area (Å²) in [5.41, 5.74) is 0.341. The van der Waals surface area contributed by atoms with E-state index in [1.807, 2.05) is 6.92 Å². The number of nitrogens with one attached hydrogen (secondary N) is 2. The maximum absolute atomic E-state index is 12.9. The van der Waals surface area contributed by atoms with Crippen molar-refractivity contribution in [1.29, 1.82) is 0 Å². The molecule has 0 aromatic heterocycles. The van der Waals surface area contributed by atoms with E-state index >= 15 is 0 Å². The second kappa shape index (κ2) is 12.6. The van der Waals surface area contributed by atoms with E-state index in [1.54, 1.807) is 24.3 Å². The van der Waals surface area contributed by atoms with Gasteiger partial charge in [-0.1, -0.05) is 18.2 Å². The topological polar surface area (TPSA) is 75.1 Å². The molecule has 0 amide bonds. The Balaban J connectivity index is 0.00000480. The molecule has 0 aliphatic heterocycles. The van der Waals surface area contributed by atoms with Crippen molar-refractivity contribution in [1.82, 2.24) is 10.6 Å². The standard InChI is InChI=1S/C21H26F3N3O3.HI/c1-4-25-20(26-12-14-6-5-7-16(10-14)21(22,23)24)27-13-17(28)15-8-9-18(29-2)19(11-15)30-3;/h5-11,17,28H,4,12-13H2,1-3H3,(H2,25,26,27);1H. The zero-order valence-electron chi connectivity index (χ0n) is 17.5. The van der Waals surface area contributed by atoms with Crippen molar-refractivity contribution in [3.63, 3.8) is 0 Å². The van der Waals surface area contributed by atoms with Crippen molar-refractivity contribution in [3.05, 3.63) is 59.2 Å². The third-order valence-electron chi connectivity index (χ3n) is 4.27. The van der Waals surface area contributed by atoms with Gasteiger partial charge in [-0.25, -0.2) is 4.99 Å². The third kappa shape index (κ3) is 8.09. The monoisotopic (exact) mass is 553 g/mol. The van der Waals surface area contributed by atoms with Crippen LogP contribution in [0.25, 0.3) is 0 Å². The summed E-state index contributed by atoms with van der Waals surface area (Å²) in [7, 11) is 3.04. The van der Waals surface area contributed by atoms with Crippen LogP contribution in [0.4, 0.5) is 13.2 Å². The molecule has 10 heteroatoms. The van der Waals surface area contributed by atoms with Crippen LogP contribution in [0.2, 0.25) is 0 Å². The predicted molar refractivity (Wildman–Crippen MR) is 124 cm³/mol. The first-order chi connectivity index (χ1) is 14.3. The molecule has 2 rings (SSSR count). The van der Waals surface area contributed by atoms with E-state index in [0.29, 0.717) is 35.1 Å². The fourth-order valence-electron chi connectivity index (χ4n) is 2.73. The number of guanidine groups is 1. The Bertz CT molecular complexity index is 863. The Kier molecular flexibility index (Phi) is 10.9. The van der Waals surface area contributed by atoms with E-state index in [2.05, 4.69) is 15.6 Å². The molecular formula is C21H27F3IN3O3. The summed E-state index contributed by atoms with van der Waals surface area (Å²) in [4.78, 5) is 4.30. The van der Waals surface area contributed by atoms with Crippen molar-refractivity contribution < 1.29 is 27.8 Å². The second-order valence-corrected chi connectivity index (χ2v) is 6.40. The van der Waals surface area contributed by atoms with Gasteiger partial charge in [-0.15, -0.1) is 24.0 Å². The number of nitrogens with zero attached hydrogens (tertiary/aromatic N) is 1. The minimum absolute atomic E-state index is 0. The summed E-state index contributed by atoms with van der Waals surface area (Å²) in [6, 6.07) is 10.1. The first-order valence-electron chi connectivity index (χ1n) is 9.36. The van der Waals surface area contributed by atoms with Crippen molar-refractivity contribution in [3.8, 4) is 11.5 Å². The van der Waals surface area contributed by atoms with Crippen LogP contribution in [0, 0.1) is 0 Å². The van der Waals surface area contributed by atoms with Crippen molar-refractivity contribution in [2.45, 2.75) is 25.7 Å². The van der Waals surface area contributed by atoms with E-state index in [-0.39, 0.29) is 37.1 Å². The fraction of sp³-hybridized carbons (Fsp3) is 0.381. The predicted octanol–water partition coefficient (Wildman–Crippen LogP) is 4.13. The van der Waals surface area contributed by atoms with Crippen molar-refractivity contribution in [2.24, 2.45) is 4.99 Å². The van der Waals surface area contributed by atoms with E-state index in [4.69, 9.17) is 9.47 Å². The maximum Gasteiger partial charge on any atom is 0.416 e. The number of aliphatic imine (C=N–C) groups is 1. The number of aliphatic hydroxyl groups is 1. The van der Waals surface area contributed by atoms with Gasteiger partial charge in [0.15, 0.2) is 17.5 Å². The molecule has 172 valence electrons. The molecule has 2 aromatic rings. The van der Waals surface area contributed by atoms with Gasteiger partial charge in [0.25, 0.3) is 0 Å². The smallest absolute Gasteiger partial charge is 0.416 e. The maximum atomic E-state index is 12.9. The number of aliphatic hydroxyl groups excluding tert-OH is 1. The molecule has 6 nitrogen and oxygen atoms in total. The lowest BCUT2D eigenvalue weighted by Crippen LogP contribution is -2.39. The van der Waals surface area contributed by atoms with Gasteiger partial charge in [-0.05, 0) is 42.3 Å². The Hall–Kier alpha value is -2.21. The number of hydrogen-bond acceptors (Lipinski definition) is 4. The molecule has 0 bridgehead atoms. The van der Waals surface area contributed by atoms with E-state index in [9.17, 15) is 18.3 Å². The molecular weight excluding hydrogens is 526 g/mol. The summed E-state index contributed by atoms with van der Waals surface area (Å²) in [6.45, 7) is 2.63. The lowest BCUT2D eigenvalue weighted by atomic mass is 10.1. The molecule has 0 radical (unpaired) electrons. The number of hydrogen-bond donors (Lipinski definition) is 3. The van der Waals surface area contributed by atoms with Gasteiger partial charge in [-0.2, -0.15) is 13.2 Å². The van der Waals surface area contributed by atoms with Crippen LogP contribution in [0.15, 0.2) is 47.5 Å². The minimum Gasteiger partial charge on any atom is -0.493 e. The fourth-order valence-corrected chi connectivity index (χ4v) is 2.73. The van der Waals surface area contributed by atoms with Crippen molar-refractivity contribution in [2.75, 3.05) is 27.3 Å². The number of benzene rings is 2. The number of methoxy groups -OCH3 is 2. The molecule has 2 aromatic carbocycles. The molecule has 0 fully saturated rings. The molecule has 0 spiro atoms. The zero-order valence-corrected chi connectivity index (χ0v) is 19.8. The van der Waals surface area contributed by atoms with Gasteiger partial charge in [-0.3, -0.25) is 0 Å². The van der Waals surface area contributed by atoms with Crippen LogP contribution < -0.4 is 20.1 Å². The highest BCUT2D eigenvalue weighted by atomic mass is 127. The van der Waals surface area contributed by atoms with Gasteiger partial charge in [0.2, 0.25) is 0 Å². The van der Waals surface area contributed by atoms with Crippen LogP contribution in [0.3, 0.4) is 0 Å². The van der Waals surface area contributed by atoms with Crippen LogP contribution in [0.1, 0.15) is 29.7 Å². The number of ether oxygens (including phenoxy) is 2.